The largest absolute Gasteiger partial charge is 0.497 e. The van der Waals surface area contributed by atoms with Crippen molar-refractivity contribution in [2.45, 2.75) is 25.0 Å². The first-order valence-electron chi connectivity index (χ1n) is 10.8. The Morgan fingerprint density at radius 3 is 1.89 bits per heavy atom. The highest BCUT2D eigenvalue weighted by atomic mass is 16.5. The van der Waals surface area contributed by atoms with Crippen LogP contribution in [0.1, 0.15) is 29.8 Å². The van der Waals surface area contributed by atoms with Crippen molar-refractivity contribution < 1.29 is 40.5 Å². The van der Waals surface area contributed by atoms with Crippen LogP contribution in [0.5, 0.6) is 11.5 Å². The molecule has 0 aliphatic carbocycles. The van der Waals surface area contributed by atoms with Gasteiger partial charge < -0.3 is 35.7 Å². The lowest BCUT2D eigenvalue weighted by Gasteiger charge is -2.15. The zero-order chi connectivity index (χ0) is 25.4. The van der Waals surface area contributed by atoms with Gasteiger partial charge in [0.2, 0.25) is 0 Å². The molecule has 0 spiro atoms. The van der Waals surface area contributed by atoms with Gasteiger partial charge in [-0.2, -0.15) is 0 Å². The van der Waals surface area contributed by atoms with Crippen molar-refractivity contribution in [3.05, 3.63) is 77.6 Å². The van der Waals surface area contributed by atoms with E-state index in [2.05, 4.69) is 15.5 Å². The minimum absolute atomic E-state index is 0. The summed E-state index contributed by atoms with van der Waals surface area (Å²) in [4.78, 5) is 10.8. The summed E-state index contributed by atoms with van der Waals surface area (Å²) in [5.41, 5.74) is 3.08. The fourth-order valence-corrected chi connectivity index (χ4v) is 3.57. The fourth-order valence-electron chi connectivity index (χ4n) is 3.57. The molecule has 0 radical (unpaired) electrons. The number of tetrazole rings is 1. The number of hydrogen-bond acceptors (Lipinski definition) is 8. The zero-order valence-corrected chi connectivity index (χ0v) is 20.7. The summed E-state index contributed by atoms with van der Waals surface area (Å²) in [5.74, 6) is 0.702. The van der Waals surface area contributed by atoms with Crippen LogP contribution in [0.4, 0.5) is 0 Å². The van der Waals surface area contributed by atoms with E-state index in [1.807, 2.05) is 48.5 Å². The van der Waals surface area contributed by atoms with E-state index in [4.69, 9.17) is 14.6 Å². The summed E-state index contributed by atoms with van der Waals surface area (Å²) in [6.45, 7) is 0. The van der Waals surface area contributed by atoms with Gasteiger partial charge in [-0.25, -0.2) is 4.68 Å². The SMILES string of the molecule is COc1ccc(C(=C(/C=C/C(O)CC(O)CC(=O)O)c2nnnn2C)c2ccc(OC)cc2)cc1.O.O. The van der Waals surface area contributed by atoms with Crippen LogP contribution in [0.15, 0.2) is 60.7 Å². The Kier molecular flexibility index (Phi) is 12.1. The highest BCUT2D eigenvalue weighted by Crippen LogP contribution is 2.34. The number of carboxylic acid groups (broad SMARTS) is 1. The van der Waals surface area contributed by atoms with Crippen LogP contribution < -0.4 is 9.47 Å². The number of aliphatic hydroxyl groups is 2. The highest BCUT2D eigenvalue weighted by Gasteiger charge is 2.19. The number of aryl methyl sites for hydroxylation is 1. The number of carboxylic acids is 1. The highest BCUT2D eigenvalue weighted by molar-refractivity contribution is 6.01. The zero-order valence-electron chi connectivity index (χ0n) is 20.7. The molecule has 7 N–H and O–H groups in total. The quantitative estimate of drug-likeness (QED) is 0.306. The maximum Gasteiger partial charge on any atom is 0.305 e. The second kappa shape index (κ2) is 14.5. The maximum absolute atomic E-state index is 10.8. The molecular formula is C25H32N4O8. The number of allylic oxidation sites excluding steroid dienone is 2. The second-order valence-corrected chi connectivity index (χ2v) is 7.79. The lowest BCUT2D eigenvalue weighted by Crippen LogP contribution is -2.19. The third-order valence-corrected chi connectivity index (χ3v) is 5.30. The van der Waals surface area contributed by atoms with Crippen LogP contribution in [-0.4, -0.2) is 78.9 Å². The molecule has 0 bridgehead atoms. The first-order valence-corrected chi connectivity index (χ1v) is 10.8. The standard InChI is InChI=1S/C25H28N4O6.2H2O/c1-29-25(26-27-28-29)22(13-8-18(30)14-19(31)15-23(32)33)24(16-4-9-20(34-2)10-5-16)17-6-11-21(35-3)12-7-17;;/h4-13,18-19,30-31H,14-15H2,1-3H3,(H,32,33);2*1H2/b13-8+;;. The van der Waals surface area contributed by atoms with E-state index < -0.39 is 24.6 Å². The molecule has 37 heavy (non-hydrogen) atoms. The Morgan fingerprint density at radius 2 is 1.49 bits per heavy atom. The summed E-state index contributed by atoms with van der Waals surface area (Å²) in [6, 6.07) is 15.0. The molecule has 1 heterocycles. The molecule has 200 valence electrons. The van der Waals surface area contributed by atoms with Crippen LogP contribution in [0.3, 0.4) is 0 Å². The molecule has 0 aliphatic heterocycles. The summed E-state index contributed by atoms with van der Waals surface area (Å²) in [6.07, 6.45) is 0.305. The van der Waals surface area contributed by atoms with Crippen LogP contribution in [0, 0.1) is 0 Å². The average Bonchev–Trinajstić information content (AvgIpc) is 3.27. The van der Waals surface area contributed by atoms with E-state index in [0.29, 0.717) is 22.9 Å². The number of aromatic nitrogens is 4. The number of hydrogen-bond donors (Lipinski definition) is 3. The maximum atomic E-state index is 10.8. The van der Waals surface area contributed by atoms with Gasteiger partial charge in [0.25, 0.3) is 0 Å². The van der Waals surface area contributed by atoms with Crippen molar-refractivity contribution in [2.75, 3.05) is 14.2 Å². The Labute approximate surface area is 213 Å². The lowest BCUT2D eigenvalue weighted by molar-refractivity contribution is -0.139. The number of ether oxygens (including phenoxy) is 2. The molecule has 2 unspecified atom stereocenters. The van der Waals surface area contributed by atoms with E-state index in [1.165, 1.54) is 10.8 Å². The van der Waals surface area contributed by atoms with E-state index in [1.54, 1.807) is 27.3 Å². The van der Waals surface area contributed by atoms with Gasteiger partial charge >= 0.3 is 5.97 Å². The van der Waals surface area contributed by atoms with E-state index in [0.717, 1.165) is 16.7 Å². The lowest BCUT2D eigenvalue weighted by atomic mass is 9.91. The normalized spacial score (nSPS) is 12.1. The predicted molar refractivity (Wildman–Crippen MR) is 136 cm³/mol. The average molecular weight is 517 g/mol. The van der Waals surface area contributed by atoms with Gasteiger partial charge in [-0.15, -0.1) is 5.10 Å². The summed E-state index contributed by atoms with van der Waals surface area (Å²) in [7, 11) is 4.89. The molecular weight excluding hydrogens is 484 g/mol. The van der Waals surface area contributed by atoms with Crippen LogP contribution in [0.2, 0.25) is 0 Å². The van der Waals surface area contributed by atoms with Crippen LogP contribution in [-0.2, 0) is 11.8 Å². The second-order valence-electron chi connectivity index (χ2n) is 7.79. The molecule has 0 aliphatic rings. The van der Waals surface area contributed by atoms with Crippen molar-refractivity contribution in [3.8, 4) is 11.5 Å². The Bertz CT molecular complexity index is 1140. The third-order valence-electron chi connectivity index (χ3n) is 5.30. The van der Waals surface area contributed by atoms with E-state index in [-0.39, 0.29) is 17.4 Å². The Morgan fingerprint density at radius 1 is 0.973 bits per heavy atom. The predicted octanol–water partition coefficient (Wildman–Crippen LogP) is 0.680. The van der Waals surface area contributed by atoms with Crippen molar-refractivity contribution in [1.82, 2.24) is 20.2 Å². The van der Waals surface area contributed by atoms with Gasteiger partial charge in [0.1, 0.15) is 11.5 Å². The number of methoxy groups -OCH3 is 2. The van der Waals surface area contributed by atoms with Gasteiger partial charge in [0.05, 0.1) is 32.8 Å². The van der Waals surface area contributed by atoms with Crippen molar-refractivity contribution >= 4 is 17.1 Å². The number of carbonyl (C=O) groups is 1. The number of aliphatic carboxylic acids is 1. The van der Waals surface area contributed by atoms with E-state index >= 15 is 0 Å². The monoisotopic (exact) mass is 516 g/mol. The van der Waals surface area contributed by atoms with Gasteiger partial charge in [-0.1, -0.05) is 36.4 Å². The number of benzene rings is 2. The van der Waals surface area contributed by atoms with Crippen molar-refractivity contribution in [2.24, 2.45) is 7.05 Å². The third kappa shape index (κ3) is 8.22. The smallest absolute Gasteiger partial charge is 0.305 e. The van der Waals surface area contributed by atoms with Gasteiger partial charge in [0, 0.05) is 19.0 Å². The number of rotatable bonds is 11. The summed E-state index contributed by atoms with van der Waals surface area (Å²) in [5, 5.41) is 41.1. The molecule has 3 rings (SSSR count). The summed E-state index contributed by atoms with van der Waals surface area (Å²) < 4.78 is 12.1. The van der Waals surface area contributed by atoms with Gasteiger partial charge in [-0.05, 0) is 51.4 Å². The molecule has 12 nitrogen and oxygen atoms in total. The molecule has 1 aromatic heterocycles. The molecule has 0 saturated heterocycles. The molecule has 3 aromatic rings. The molecule has 2 aromatic carbocycles. The first-order chi connectivity index (χ1) is 16.8. The topological polar surface area (TPSA) is 203 Å². The minimum Gasteiger partial charge on any atom is -0.497 e. The molecule has 2 atom stereocenters. The van der Waals surface area contributed by atoms with Gasteiger partial charge in [-0.3, -0.25) is 4.79 Å². The molecule has 0 amide bonds. The van der Waals surface area contributed by atoms with E-state index in [9.17, 15) is 15.0 Å². The van der Waals surface area contributed by atoms with Crippen molar-refractivity contribution in [3.63, 3.8) is 0 Å². The fraction of sp³-hybridized carbons (Fsp3) is 0.280. The van der Waals surface area contributed by atoms with Crippen molar-refractivity contribution in [1.29, 1.82) is 0 Å². The Balaban J connectivity index is 0.00000342. The number of aliphatic hydroxyl groups excluding tert-OH is 2. The molecule has 12 heteroatoms. The number of nitrogens with zero attached hydrogens (tertiary/aromatic N) is 4. The van der Waals surface area contributed by atoms with Crippen LogP contribution in [0.25, 0.3) is 11.1 Å². The summed E-state index contributed by atoms with van der Waals surface area (Å²) >= 11 is 0. The Hall–Kier alpha value is -4.10. The van der Waals surface area contributed by atoms with Gasteiger partial charge in [0.15, 0.2) is 5.82 Å². The molecule has 0 saturated carbocycles. The minimum atomic E-state index is -1.18. The first kappa shape index (κ1) is 30.9. The molecule has 0 fully saturated rings. The van der Waals surface area contributed by atoms with Crippen LogP contribution >= 0.6 is 0 Å².